The fourth-order valence-electron chi connectivity index (χ4n) is 5.83. The number of piperidine rings is 1. The fraction of sp³-hybridized carbons (Fsp3) is 0.424. The van der Waals surface area contributed by atoms with Crippen molar-refractivity contribution in [3.63, 3.8) is 0 Å². The summed E-state index contributed by atoms with van der Waals surface area (Å²) in [5.74, 6) is -0.494. The number of oxime groups is 1. The van der Waals surface area contributed by atoms with Crippen molar-refractivity contribution in [2.75, 3.05) is 26.7 Å². The summed E-state index contributed by atoms with van der Waals surface area (Å²) in [6.07, 6.45) is -10.6. The van der Waals surface area contributed by atoms with Crippen molar-refractivity contribution in [3.8, 4) is 0 Å². The van der Waals surface area contributed by atoms with Crippen LogP contribution in [0.2, 0.25) is 10.0 Å². The first-order chi connectivity index (χ1) is 21.6. The molecule has 0 aromatic heterocycles. The number of hydrogen-bond acceptors (Lipinski definition) is 5. The van der Waals surface area contributed by atoms with Gasteiger partial charge in [0.1, 0.15) is 7.11 Å². The van der Waals surface area contributed by atoms with E-state index in [0.29, 0.717) is 67.3 Å². The Morgan fingerprint density at radius 1 is 0.913 bits per heavy atom. The predicted octanol–water partition coefficient (Wildman–Crippen LogP) is 8.48. The van der Waals surface area contributed by atoms with E-state index in [1.165, 1.54) is 7.11 Å². The molecular formula is C33H34Cl2F6N2O3. The summed E-state index contributed by atoms with van der Waals surface area (Å²) in [4.78, 5) is 7.27. The smallest absolute Gasteiger partial charge is 0.399 e. The molecule has 1 aliphatic rings. The minimum atomic E-state index is -5.01. The molecule has 0 radical (unpaired) electrons. The maximum Gasteiger partial charge on any atom is 0.416 e. The first-order valence-corrected chi connectivity index (χ1v) is 15.4. The molecule has 5 nitrogen and oxygen atoms in total. The average molecular weight is 692 g/mol. The van der Waals surface area contributed by atoms with Gasteiger partial charge in [-0.05, 0) is 79.3 Å². The molecule has 1 fully saturated rings. The number of rotatable bonds is 11. The van der Waals surface area contributed by atoms with Crippen LogP contribution in [-0.4, -0.2) is 53.7 Å². The van der Waals surface area contributed by atoms with Gasteiger partial charge in [0.25, 0.3) is 0 Å². The van der Waals surface area contributed by atoms with Crippen LogP contribution in [0, 0.1) is 0 Å². The van der Waals surface area contributed by atoms with E-state index in [9.17, 15) is 36.6 Å². The largest absolute Gasteiger partial charge is 0.416 e. The van der Waals surface area contributed by atoms with Gasteiger partial charge in [-0.2, -0.15) is 26.3 Å². The van der Waals surface area contributed by atoms with Gasteiger partial charge < -0.3 is 20.0 Å². The van der Waals surface area contributed by atoms with Gasteiger partial charge in [-0.25, -0.2) is 0 Å². The van der Waals surface area contributed by atoms with Gasteiger partial charge in [-0.15, -0.1) is 0 Å². The topological polar surface area (TPSA) is 65.3 Å². The summed E-state index contributed by atoms with van der Waals surface area (Å²) >= 11 is 12.5. The zero-order valence-corrected chi connectivity index (χ0v) is 26.4. The molecule has 0 amide bonds. The van der Waals surface area contributed by atoms with Crippen LogP contribution in [0.25, 0.3) is 0 Å². The summed E-state index contributed by atoms with van der Waals surface area (Å²) in [6.45, 7) is 1.77. The molecule has 2 N–H and O–H groups in total. The van der Waals surface area contributed by atoms with E-state index in [1.54, 1.807) is 18.2 Å². The highest BCUT2D eigenvalue weighted by atomic mass is 35.5. The molecule has 46 heavy (non-hydrogen) atoms. The van der Waals surface area contributed by atoms with Gasteiger partial charge in [0.2, 0.25) is 0 Å². The number of nitrogens with zero attached hydrogens (tertiary/aromatic N) is 2. The van der Waals surface area contributed by atoms with E-state index < -0.39 is 47.5 Å². The van der Waals surface area contributed by atoms with Gasteiger partial charge in [-0.3, -0.25) is 0 Å². The third kappa shape index (κ3) is 9.38. The van der Waals surface area contributed by atoms with Crippen molar-refractivity contribution in [2.24, 2.45) is 5.16 Å². The molecule has 13 heteroatoms. The van der Waals surface area contributed by atoms with Crippen LogP contribution in [0.5, 0.6) is 0 Å². The van der Waals surface area contributed by atoms with E-state index >= 15 is 0 Å². The Morgan fingerprint density at radius 3 is 2.07 bits per heavy atom. The minimum Gasteiger partial charge on any atom is -0.399 e. The first kappa shape index (κ1) is 36.0. The summed E-state index contributed by atoms with van der Waals surface area (Å²) in [5, 5.41) is 26.9. The van der Waals surface area contributed by atoms with Crippen LogP contribution in [0.3, 0.4) is 0 Å². The van der Waals surface area contributed by atoms with Crippen molar-refractivity contribution in [1.29, 1.82) is 0 Å². The standard InChI is InChI=1S/C33H34Cl2F6N2O3/c1-46-42-30(20-26(44)17-21-15-24(32(36,37)38)19-25(16-21)33(39,40)41)27(22-7-8-28(34)29(35)18-22)9-12-43-13-10-31(45,11-14-43)23-5-3-2-4-6-23/h2-8,15-16,18-19,26-27,44-45H,9-14,17,20H2,1H3/b42-30+. The molecule has 1 aliphatic heterocycles. The highest BCUT2D eigenvalue weighted by Crippen LogP contribution is 2.38. The molecule has 1 saturated heterocycles. The van der Waals surface area contributed by atoms with Crippen molar-refractivity contribution >= 4 is 28.9 Å². The van der Waals surface area contributed by atoms with Gasteiger partial charge in [-0.1, -0.05) is 64.8 Å². The van der Waals surface area contributed by atoms with Crippen LogP contribution in [0.4, 0.5) is 26.3 Å². The summed E-state index contributed by atoms with van der Waals surface area (Å²) in [6, 6.07) is 15.7. The molecule has 2 unspecified atom stereocenters. The number of hydrogen-bond donors (Lipinski definition) is 2. The molecule has 0 saturated carbocycles. The van der Waals surface area contributed by atoms with Gasteiger partial charge in [0.15, 0.2) is 0 Å². The van der Waals surface area contributed by atoms with Crippen molar-refractivity contribution < 1.29 is 41.4 Å². The normalized spacial score (nSPS) is 17.5. The second kappa shape index (κ2) is 14.9. The monoisotopic (exact) mass is 690 g/mol. The van der Waals surface area contributed by atoms with E-state index in [1.807, 2.05) is 30.3 Å². The maximum atomic E-state index is 13.4. The van der Waals surface area contributed by atoms with Crippen LogP contribution >= 0.6 is 23.2 Å². The predicted molar refractivity (Wildman–Crippen MR) is 165 cm³/mol. The molecular weight excluding hydrogens is 657 g/mol. The Balaban J connectivity index is 1.53. The van der Waals surface area contributed by atoms with E-state index in [4.69, 9.17) is 28.0 Å². The number of benzene rings is 3. The lowest BCUT2D eigenvalue weighted by Gasteiger charge is -2.39. The number of aliphatic hydroxyl groups excluding tert-OH is 1. The molecule has 250 valence electrons. The first-order valence-electron chi connectivity index (χ1n) is 14.6. The number of alkyl halides is 6. The van der Waals surface area contributed by atoms with Crippen LogP contribution < -0.4 is 0 Å². The molecule has 0 bridgehead atoms. The number of likely N-dealkylation sites (tertiary alicyclic amines) is 1. The third-order valence-electron chi connectivity index (χ3n) is 8.25. The Kier molecular flexibility index (Phi) is 11.7. The van der Waals surface area contributed by atoms with E-state index in [-0.39, 0.29) is 23.1 Å². The lowest BCUT2D eigenvalue weighted by molar-refractivity contribution is -0.143. The van der Waals surface area contributed by atoms with Gasteiger partial charge in [0.05, 0.1) is 38.6 Å². The Labute approximate surface area is 273 Å². The summed E-state index contributed by atoms with van der Waals surface area (Å²) < 4.78 is 80.4. The second-order valence-electron chi connectivity index (χ2n) is 11.5. The Morgan fingerprint density at radius 2 is 1.52 bits per heavy atom. The van der Waals surface area contributed by atoms with Crippen molar-refractivity contribution in [2.45, 2.75) is 62.1 Å². The molecule has 1 heterocycles. The molecule has 3 aromatic carbocycles. The molecule has 4 rings (SSSR count). The molecule has 3 aromatic rings. The van der Waals surface area contributed by atoms with E-state index in [2.05, 4.69) is 10.1 Å². The SMILES string of the molecule is CO/N=C(\CC(O)Cc1cc(C(F)(F)F)cc(C(F)(F)F)c1)C(CCN1CCC(O)(c2ccccc2)CC1)c1ccc(Cl)c(Cl)c1. The van der Waals surface area contributed by atoms with Gasteiger partial charge in [0, 0.05) is 25.4 Å². The summed E-state index contributed by atoms with van der Waals surface area (Å²) in [5.41, 5.74) is -2.30. The van der Waals surface area contributed by atoms with Crippen LogP contribution in [-0.2, 0) is 29.2 Å². The zero-order valence-electron chi connectivity index (χ0n) is 24.9. The number of aliphatic hydroxyl groups is 2. The Bertz CT molecular complexity index is 1460. The zero-order chi connectivity index (χ0) is 33.7. The van der Waals surface area contributed by atoms with E-state index in [0.717, 1.165) is 5.56 Å². The maximum absolute atomic E-state index is 13.4. The van der Waals surface area contributed by atoms with Crippen LogP contribution in [0.15, 0.2) is 71.9 Å². The summed E-state index contributed by atoms with van der Waals surface area (Å²) in [7, 11) is 1.30. The highest BCUT2D eigenvalue weighted by molar-refractivity contribution is 6.42. The third-order valence-corrected chi connectivity index (χ3v) is 8.99. The molecule has 0 spiro atoms. The number of halogens is 8. The minimum absolute atomic E-state index is 0.0509. The second-order valence-corrected chi connectivity index (χ2v) is 12.3. The fourth-order valence-corrected chi connectivity index (χ4v) is 6.14. The highest BCUT2D eigenvalue weighted by Gasteiger charge is 2.37. The Hall–Kier alpha value is -2.83. The molecule has 0 aliphatic carbocycles. The quantitative estimate of drug-likeness (QED) is 0.120. The van der Waals surface area contributed by atoms with Crippen LogP contribution in [0.1, 0.15) is 59.4 Å². The lowest BCUT2D eigenvalue weighted by atomic mass is 9.83. The van der Waals surface area contributed by atoms with Gasteiger partial charge >= 0.3 is 12.4 Å². The lowest BCUT2D eigenvalue weighted by Crippen LogP contribution is -2.43. The van der Waals surface area contributed by atoms with Crippen molar-refractivity contribution in [3.05, 3.63) is 105 Å². The molecule has 2 atom stereocenters. The van der Waals surface area contributed by atoms with Crippen molar-refractivity contribution in [1.82, 2.24) is 4.90 Å². The average Bonchev–Trinajstić information content (AvgIpc) is 2.99.